The molecule has 6 nitrogen and oxygen atoms in total. The molecule has 1 saturated heterocycles. The third-order valence-corrected chi connectivity index (χ3v) is 4.52. The van der Waals surface area contributed by atoms with Crippen molar-refractivity contribution in [2.24, 2.45) is 11.7 Å². The highest BCUT2D eigenvalue weighted by Crippen LogP contribution is 2.32. The highest BCUT2D eigenvalue weighted by molar-refractivity contribution is 5.84. The summed E-state index contributed by atoms with van der Waals surface area (Å²) in [6.45, 7) is 2.85. The van der Waals surface area contributed by atoms with Crippen molar-refractivity contribution in [3.05, 3.63) is 0 Å². The standard InChI is InChI=1S/C14H25N3O3/c1-9(18)16-8-10-7-11(20-2)3-4-13(10)17-6-5-12(15)14(17)19/h10-13H,3-8,15H2,1-2H3,(H,16,18)/t10-,11+,12?,13-/m0/s1. The van der Waals surface area contributed by atoms with Crippen LogP contribution in [0.4, 0.5) is 0 Å². The third-order valence-electron chi connectivity index (χ3n) is 4.52. The van der Waals surface area contributed by atoms with Crippen molar-refractivity contribution >= 4 is 11.8 Å². The summed E-state index contributed by atoms with van der Waals surface area (Å²) < 4.78 is 5.45. The molecule has 0 aromatic carbocycles. The highest BCUT2D eigenvalue weighted by atomic mass is 16.5. The van der Waals surface area contributed by atoms with Crippen LogP contribution in [0.2, 0.25) is 0 Å². The molecule has 2 rings (SSSR count). The Kier molecular flexibility index (Phi) is 4.99. The number of ether oxygens (including phenoxy) is 1. The second-order valence-electron chi connectivity index (χ2n) is 5.86. The van der Waals surface area contributed by atoms with Crippen molar-refractivity contribution in [2.45, 2.75) is 50.8 Å². The first-order valence-electron chi connectivity index (χ1n) is 7.36. The van der Waals surface area contributed by atoms with Gasteiger partial charge in [0, 0.05) is 33.2 Å². The molecule has 114 valence electrons. The number of rotatable bonds is 4. The molecule has 0 bridgehead atoms. The van der Waals surface area contributed by atoms with Crippen LogP contribution in [-0.4, -0.2) is 55.1 Å². The van der Waals surface area contributed by atoms with Crippen molar-refractivity contribution in [2.75, 3.05) is 20.2 Å². The topological polar surface area (TPSA) is 84.7 Å². The van der Waals surface area contributed by atoms with Gasteiger partial charge in [-0.2, -0.15) is 0 Å². The zero-order valence-corrected chi connectivity index (χ0v) is 12.3. The number of amides is 2. The van der Waals surface area contributed by atoms with Crippen LogP contribution >= 0.6 is 0 Å². The second kappa shape index (κ2) is 6.54. The van der Waals surface area contributed by atoms with E-state index in [1.807, 2.05) is 4.90 Å². The van der Waals surface area contributed by atoms with Crippen molar-refractivity contribution < 1.29 is 14.3 Å². The Morgan fingerprint density at radius 3 is 2.75 bits per heavy atom. The third kappa shape index (κ3) is 3.30. The Morgan fingerprint density at radius 2 is 2.20 bits per heavy atom. The minimum absolute atomic E-state index is 0.0345. The molecule has 20 heavy (non-hydrogen) atoms. The molecule has 2 fully saturated rings. The minimum Gasteiger partial charge on any atom is -0.381 e. The van der Waals surface area contributed by atoms with Gasteiger partial charge in [-0.3, -0.25) is 9.59 Å². The molecular weight excluding hydrogens is 258 g/mol. The van der Waals surface area contributed by atoms with Crippen LogP contribution in [0.15, 0.2) is 0 Å². The van der Waals surface area contributed by atoms with E-state index < -0.39 is 0 Å². The lowest BCUT2D eigenvalue weighted by Crippen LogP contribution is -2.50. The fourth-order valence-electron chi connectivity index (χ4n) is 3.38. The molecule has 1 unspecified atom stereocenters. The molecule has 4 atom stereocenters. The van der Waals surface area contributed by atoms with E-state index in [9.17, 15) is 9.59 Å². The maximum atomic E-state index is 12.1. The Balaban J connectivity index is 2.04. The normalized spacial score (nSPS) is 34.4. The number of methoxy groups -OCH3 is 1. The van der Waals surface area contributed by atoms with E-state index in [4.69, 9.17) is 10.5 Å². The van der Waals surface area contributed by atoms with Gasteiger partial charge in [0.2, 0.25) is 11.8 Å². The first-order chi connectivity index (χ1) is 9.52. The van der Waals surface area contributed by atoms with Gasteiger partial charge >= 0.3 is 0 Å². The Labute approximate surface area is 120 Å². The molecule has 0 aromatic rings. The lowest BCUT2D eigenvalue weighted by atomic mass is 9.81. The quantitative estimate of drug-likeness (QED) is 0.752. The van der Waals surface area contributed by atoms with Crippen molar-refractivity contribution in [1.82, 2.24) is 10.2 Å². The van der Waals surface area contributed by atoms with E-state index in [-0.39, 0.29) is 35.9 Å². The molecule has 1 aliphatic carbocycles. The van der Waals surface area contributed by atoms with Crippen LogP contribution in [0.3, 0.4) is 0 Å². The van der Waals surface area contributed by atoms with Crippen LogP contribution in [0.5, 0.6) is 0 Å². The van der Waals surface area contributed by atoms with Crippen molar-refractivity contribution in [1.29, 1.82) is 0 Å². The van der Waals surface area contributed by atoms with Crippen LogP contribution in [0.1, 0.15) is 32.6 Å². The van der Waals surface area contributed by atoms with Gasteiger partial charge in [-0.15, -0.1) is 0 Å². The summed E-state index contributed by atoms with van der Waals surface area (Å²) in [4.78, 5) is 25.2. The number of hydrogen-bond donors (Lipinski definition) is 2. The summed E-state index contributed by atoms with van der Waals surface area (Å²) >= 11 is 0. The maximum Gasteiger partial charge on any atom is 0.239 e. The number of carbonyl (C=O) groups is 2. The highest BCUT2D eigenvalue weighted by Gasteiger charge is 2.40. The molecule has 2 amide bonds. The lowest BCUT2D eigenvalue weighted by Gasteiger charge is -2.40. The van der Waals surface area contributed by atoms with Crippen LogP contribution in [0, 0.1) is 5.92 Å². The first-order valence-corrected chi connectivity index (χ1v) is 7.36. The van der Waals surface area contributed by atoms with E-state index in [1.165, 1.54) is 6.92 Å². The average Bonchev–Trinajstić information content (AvgIpc) is 2.76. The molecule has 6 heteroatoms. The summed E-state index contributed by atoms with van der Waals surface area (Å²) in [6, 6.07) is -0.175. The van der Waals surface area contributed by atoms with Gasteiger partial charge in [-0.1, -0.05) is 0 Å². The van der Waals surface area contributed by atoms with E-state index in [0.717, 1.165) is 32.2 Å². The predicted octanol–water partition coefficient (Wildman–Crippen LogP) is -0.134. The molecular formula is C14H25N3O3. The summed E-state index contributed by atoms with van der Waals surface area (Å²) in [7, 11) is 1.72. The van der Waals surface area contributed by atoms with Gasteiger partial charge in [-0.25, -0.2) is 0 Å². The maximum absolute atomic E-state index is 12.1. The van der Waals surface area contributed by atoms with E-state index in [0.29, 0.717) is 6.54 Å². The van der Waals surface area contributed by atoms with Gasteiger partial charge in [0.05, 0.1) is 12.1 Å². The van der Waals surface area contributed by atoms with Crippen LogP contribution < -0.4 is 11.1 Å². The summed E-state index contributed by atoms with van der Waals surface area (Å²) in [6.07, 6.45) is 3.70. The Bertz CT molecular complexity index is 375. The Morgan fingerprint density at radius 1 is 1.45 bits per heavy atom. The fraction of sp³-hybridized carbons (Fsp3) is 0.857. The van der Waals surface area contributed by atoms with E-state index >= 15 is 0 Å². The fourth-order valence-corrected chi connectivity index (χ4v) is 3.38. The molecule has 1 saturated carbocycles. The molecule has 1 aliphatic heterocycles. The molecule has 0 aromatic heterocycles. The number of likely N-dealkylation sites (tertiary alicyclic amines) is 1. The first kappa shape index (κ1) is 15.3. The average molecular weight is 283 g/mol. The predicted molar refractivity (Wildman–Crippen MR) is 74.9 cm³/mol. The van der Waals surface area contributed by atoms with Gasteiger partial charge in [0.1, 0.15) is 0 Å². The zero-order valence-electron chi connectivity index (χ0n) is 12.3. The van der Waals surface area contributed by atoms with E-state index in [2.05, 4.69) is 5.32 Å². The Hall–Kier alpha value is -1.14. The summed E-state index contributed by atoms with van der Waals surface area (Å²) in [5, 5.41) is 2.88. The van der Waals surface area contributed by atoms with Crippen LogP contribution in [-0.2, 0) is 14.3 Å². The summed E-state index contributed by atoms with van der Waals surface area (Å²) in [5.41, 5.74) is 5.81. The number of nitrogens with one attached hydrogen (secondary N) is 1. The van der Waals surface area contributed by atoms with Gasteiger partial charge in [0.15, 0.2) is 0 Å². The number of carbonyl (C=O) groups excluding carboxylic acids is 2. The molecule has 2 aliphatic rings. The second-order valence-corrected chi connectivity index (χ2v) is 5.86. The summed E-state index contributed by atoms with van der Waals surface area (Å²) in [5.74, 6) is 0.262. The molecule has 0 radical (unpaired) electrons. The van der Waals surface area contributed by atoms with Gasteiger partial charge in [-0.05, 0) is 31.6 Å². The lowest BCUT2D eigenvalue weighted by molar-refractivity contribution is -0.133. The van der Waals surface area contributed by atoms with Crippen molar-refractivity contribution in [3.63, 3.8) is 0 Å². The monoisotopic (exact) mass is 283 g/mol. The largest absolute Gasteiger partial charge is 0.381 e. The molecule has 1 heterocycles. The van der Waals surface area contributed by atoms with Crippen LogP contribution in [0.25, 0.3) is 0 Å². The number of hydrogen-bond acceptors (Lipinski definition) is 4. The number of nitrogens with zero attached hydrogens (tertiary/aromatic N) is 1. The number of nitrogens with two attached hydrogens (primary N) is 1. The zero-order chi connectivity index (χ0) is 14.7. The van der Waals surface area contributed by atoms with Gasteiger partial charge < -0.3 is 20.7 Å². The van der Waals surface area contributed by atoms with E-state index in [1.54, 1.807) is 7.11 Å². The smallest absolute Gasteiger partial charge is 0.239 e. The molecule has 3 N–H and O–H groups in total. The van der Waals surface area contributed by atoms with Gasteiger partial charge in [0.25, 0.3) is 0 Å². The minimum atomic E-state index is -0.350. The molecule has 0 spiro atoms. The van der Waals surface area contributed by atoms with Crippen molar-refractivity contribution in [3.8, 4) is 0 Å². The SMILES string of the molecule is CO[C@@H]1CC[C@H](N2CCC(N)C2=O)[C@H](CNC(C)=O)C1.